The van der Waals surface area contributed by atoms with Crippen molar-refractivity contribution >= 4 is 23.2 Å². The third-order valence-corrected chi connectivity index (χ3v) is 5.96. The van der Waals surface area contributed by atoms with E-state index in [4.69, 9.17) is 16.4 Å². The minimum atomic E-state index is -4.93. The summed E-state index contributed by atoms with van der Waals surface area (Å²) < 4.78 is 70.7. The second-order valence-electron chi connectivity index (χ2n) is 8.74. The number of nitrogens with one attached hydrogen (secondary N) is 1. The molecular weight excluding hydrogens is 485 g/mol. The van der Waals surface area contributed by atoms with E-state index >= 15 is 4.39 Å². The Kier molecular flexibility index (Phi) is 5.66. The molecule has 12 heteroatoms. The van der Waals surface area contributed by atoms with Crippen molar-refractivity contribution in [2.24, 2.45) is 0 Å². The Bertz CT molecular complexity index is 1160. The van der Waals surface area contributed by atoms with Crippen LogP contribution in [0.2, 0.25) is 5.02 Å². The van der Waals surface area contributed by atoms with Crippen molar-refractivity contribution in [1.82, 2.24) is 15.4 Å². The largest absolute Gasteiger partial charge is 0.428 e. The number of hydrogen-bond donors (Lipinski definition) is 2. The van der Waals surface area contributed by atoms with E-state index in [1.165, 1.54) is 32.2 Å². The number of halogens is 6. The molecule has 182 valence electrons. The molecular formula is C22H19ClF5N3O3. The van der Waals surface area contributed by atoms with E-state index in [-0.39, 0.29) is 30.0 Å². The molecule has 1 amide bonds. The van der Waals surface area contributed by atoms with Crippen molar-refractivity contribution in [2.75, 3.05) is 13.1 Å². The summed E-state index contributed by atoms with van der Waals surface area (Å²) in [5, 5.41) is 9.27. The zero-order valence-corrected chi connectivity index (χ0v) is 18.6. The molecule has 0 saturated carbocycles. The van der Waals surface area contributed by atoms with Gasteiger partial charge in [0.1, 0.15) is 11.4 Å². The number of amides is 1. The van der Waals surface area contributed by atoms with Gasteiger partial charge in [0.15, 0.2) is 5.67 Å². The molecule has 1 saturated heterocycles. The summed E-state index contributed by atoms with van der Waals surface area (Å²) in [6, 6.07) is 5.21. The smallest absolute Gasteiger partial charge is 0.381 e. The maximum absolute atomic E-state index is 15.1. The van der Waals surface area contributed by atoms with Crippen LogP contribution in [0.5, 0.6) is 0 Å². The second-order valence-corrected chi connectivity index (χ2v) is 9.15. The number of hydrogen-bond acceptors (Lipinski definition) is 5. The van der Waals surface area contributed by atoms with Gasteiger partial charge in [-0.25, -0.2) is 8.78 Å². The molecule has 1 unspecified atom stereocenters. The summed E-state index contributed by atoms with van der Waals surface area (Å²) in [4.78, 5) is 22.1. The van der Waals surface area contributed by atoms with Crippen LogP contribution in [0.15, 0.2) is 42.6 Å². The van der Waals surface area contributed by atoms with Gasteiger partial charge in [-0.05, 0) is 44.2 Å². The van der Waals surface area contributed by atoms with Crippen LogP contribution in [0.1, 0.15) is 30.7 Å². The predicted molar refractivity (Wildman–Crippen MR) is 111 cm³/mol. The molecule has 0 bridgehead atoms. The van der Waals surface area contributed by atoms with E-state index in [9.17, 15) is 27.5 Å². The quantitative estimate of drug-likeness (QED) is 0.617. The lowest BCUT2D eigenvalue weighted by atomic mass is 9.89. The van der Waals surface area contributed by atoms with Crippen LogP contribution in [0.4, 0.5) is 22.0 Å². The standard InChI is InChI=1S/C22H19ClF5N3O3/c1-19(2,33)18(32)31-10-20(25,11-31)17-6-3-12(9-29-17)16-8-21(34-30-16,22(26,27)28)13-4-5-15(24)14(23)7-13/h3-9,30,33H,10-11H2,1-2H3. The van der Waals surface area contributed by atoms with Crippen molar-refractivity contribution < 1.29 is 36.7 Å². The molecule has 34 heavy (non-hydrogen) atoms. The Hall–Kier alpha value is -2.76. The monoisotopic (exact) mass is 503 g/mol. The first-order chi connectivity index (χ1) is 15.7. The van der Waals surface area contributed by atoms with Crippen molar-refractivity contribution in [1.29, 1.82) is 0 Å². The summed E-state index contributed by atoms with van der Waals surface area (Å²) >= 11 is 5.67. The third-order valence-electron chi connectivity index (χ3n) is 5.67. The average molecular weight is 504 g/mol. The minimum Gasteiger partial charge on any atom is -0.381 e. The first-order valence-corrected chi connectivity index (χ1v) is 10.4. The fourth-order valence-electron chi connectivity index (χ4n) is 3.78. The second kappa shape index (κ2) is 7.89. The molecule has 2 aliphatic heterocycles. The average Bonchev–Trinajstić information content (AvgIpc) is 3.19. The summed E-state index contributed by atoms with van der Waals surface area (Å²) in [6.07, 6.45) is -2.99. The van der Waals surface area contributed by atoms with E-state index in [0.29, 0.717) is 0 Å². The van der Waals surface area contributed by atoms with Crippen LogP contribution >= 0.6 is 11.6 Å². The lowest BCUT2D eigenvalue weighted by molar-refractivity contribution is -0.269. The van der Waals surface area contributed by atoms with Crippen LogP contribution in [-0.2, 0) is 20.9 Å². The Balaban J connectivity index is 1.59. The zero-order chi connectivity index (χ0) is 25.1. The van der Waals surface area contributed by atoms with E-state index < -0.39 is 45.4 Å². The number of aromatic nitrogens is 1. The van der Waals surface area contributed by atoms with Crippen LogP contribution in [0.25, 0.3) is 5.70 Å². The minimum absolute atomic E-state index is 0.0111. The van der Waals surface area contributed by atoms with Gasteiger partial charge in [0.2, 0.25) is 5.60 Å². The number of nitrogens with zero attached hydrogens (tertiary/aromatic N) is 2. The number of rotatable bonds is 4. The third kappa shape index (κ3) is 4.01. The molecule has 1 aromatic heterocycles. The number of aliphatic hydroxyl groups is 1. The number of likely N-dealkylation sites (tertiary alicyclic amines) is 1. The van der Waals surface area contributed by atoms with E-state index in [0.717, 1.165) is 29.2 Å². The van der Waals surface area contributed by atoms with Gasteiger partial charge >= 0.3 is 6.18 Å². The van der Waals surface area contributed by atoms with Gasteiger partial charge in [-0.15, -0.1) is 0 Å². The number of benzene rings is 1. The SMILES string of the molecule is CC(C)(O)C(=O)N1CC(F)(c2ccc(C3=CC(c4ccc(F)c(Cl)c4)(C(F)(F)F)ON3)cn2)C1. The molecule has 0 aliphatic carbocycles. The normalized spacial score (nSPS) is 22.1. The molecule has 6 nitrogen and oxygen atoms in total. The van der Waals surface area contributed by atoms with Gasteiger partial charge in [-0.1, -0.05) is 17.7 Å². The first-order valence-electron chi connectivity index (χ1n) is 10.0. The molecule has 4 rings (SSSR count). The molecule has 1 atom stereocenters. The summed E-state index contributed by atoms with van der Waals surface area (Å²) in [5.41, 5.74) is -4.67. The van der Waals surface area contributed by atoms with Crippen LogP contribution in [0.3, 0.4) is 0 Å². The van der Waals surface area contributed by atoms with Crippen LogP contribution in [0, 0.1) is 5.82 Å². The van der Waals surface area contributed by atoms with Gasteiger partial charge in [0.25, 0.3) is 5.91 Å². The molecule has 1 aromatic carbocycles. The highest BCUT2D eigenvalue weighted by Gasteiger charge is 2.59. The van der Waals surface area contributed by atoms with Gasteiger partial charge in [-0.2, -0.15) is 13.2 Å². The number of alkyl halides is 4. The van der Waals surface area contributed by atoms with E-state index in [1.807, 2.05) is 0 Å². The number of carbonyl (C=O) groups is 1. The van der Waals surface area contributed by atoms with Gasteiger partial charge in [0, 0.05) is 17.3 Å². The highest BCUT2D eigenvalue weighted by atomic mass is 35.5. The summed E-state index contributed by atoms with van der Waals surface area (Å²) in [7, 11) is 0. The van der Waals surface area contributed by atoms with E-state index in [1.54, 1.807) is 0 Å². The van der Waals surface area contributed by atoms with Crippen molar-refractivity contribution in [3.8, 4) is 0 Å². The Morgan fingerprint density at radius 1 is 1.24 bits per heavy atom. The molecule has 1 fully saturated rings. The Labute approximate surface area is 195 Å². The molecule has 3 heterocycles. The number of pyridine rings is 1. The fraction of sp³-hybridized carbons (Fsp3) is 0.364. The van der Waals surface area contributed by atoms with Crippen molar-refractivity contribution in [3.05, 3.63) is 70.3 Å². The molecule has 0 radical (unpaired) electrons. The highest BCUT2D eigenvalue weighted by molar-refractivity contribution is 6.30. The van der Waals surface area contributed by atoms with Gasteiger partial charge < -0.3 is 10.0 Å². The Morgan fingerprint density at radius 2 is 1.91 bits per heavy atom. The lowest BCUT2D eigenvalue weighted by Gasteiger charge is -2.45. The van der Waals surface area contributed by atoms with Crippen LogP contribution in [-0.4, -0.2) is 45.8 Å². The molecule has 2 N–H and O–H groups in total. The topological polar surface area (TPSA) is 74.7 Å². The van der Waals surface area contributed by atoms with Crippen molar-refractivity contribution in [2.45, 2.75) is 36.9 Å². The van der Waals surface area contributed by atoms with Crippen LogP contribution < -0.4 is 5.48 Å². The maximum Gasteiger partial charge on any atom is 0.428 e. The first kappa shape index (κ1) is 24.4. The van der Waals surface area contributed by atoms with E-state index in [2.05, 4.69) is 10.5 Å². The summed E-state index contributed by atoms with van der Waals surface area (Å²) in [6.45, 7) is 1.97. The van der Waals surface area contributed by atoms with Crippen molar-refractivity contribution in [3.63, 3.8) is 0 Å². The van der Waals surface area contributed by atoms with Gasteiger partial charge in [0.05, 0.1) is 29.5 Å². The number of carbonyl (C=O) groups excluding carboxylic acids is 1. The zero-order valence-electron chi connectivity index (χ0n) is 17.9. The molecule has 2 aromatic rings. The number of hydroxylamine groups is 1. The molecule has 2 aliphatic rings. The maximum atomic E-state index is 15.1. The lowest BCUT2D eigenvalue weighted by Crippen LogP contribution is -2.62. The molecule has 0 spiro atoms. The summed E-state index contributed by atoms with van der Waals surface area (Å²) in [5.74, 6) is -1.50. The Morgan fingerprint density at radius 3 is 2.44 bits per heavy atom. The van der Waals surface area contributed by atoms with Gasteiger partial charge in [-0.3, -0.25) is 20.1 Å². The fourth-order valence-corrected chi connectivity index (χ4v) is 3.96. The highest BCUT2D eigenvalue weighted by Crippen LogP contribution is 2.48. The predicted octanol–water partition coefficient (Wildman–Crippen LogP) is 3.99.